The molecule has 0 spiro atoms. The third-order valence-corrected chi connectivity index (χ3v) is 3.58. The summed E-state index contributed by atoms with van der Waals surface area (Å²) in [5.41, 5.74) is 4.00. The summed E-state index contributed by atoms with van der Waals surface area (Å²) in [4.78, 5) is 25.5. The van der Waals surface area contributed by atoms with E-state index in [0.29, 0.717) is 11.9 Å². The summed E-state index contributed by atoms with van der Waals surface area (Å²) in [5.74, 6) is -0.248. The topological polar surface area (TPSA) is 49.4 Å². The molecule has 1 aliphatic rings. The third kappa shape index (κ3) is 2.52. The molecule has 1 unspecified atom stereocenters. The van der Waals surface area contributed by atoms with E-state index < -0.39 is 6.04 Å². The van der Waals surface area contributed by atoms with Crippen molar-refractivity contribution in [3.8, 4) is 0 Å². The van der Waals surface area contributed by atoms with E-state index in [-0.39, 0.29) is 11.8 Å². The van der Waals surface area contributed by atoms with Crippen LogP contribution in [0.15, 0.2) is 12.1 Å². The van der Waals surface area contributed by atoms with Crippen LogP contribution in [0.5, 0.6) is 0 Å². The van der Waals surface area contributed by atoms with E-state index >= 15 is 0 Å². The van der Waals surface area contributed by atoms with Gasteiger partial charge in [-0.15, -0.1) is 0 Å². The van der Waals surface area contributed by atoms with Gasteiger partial charge in [-0.1, -0.05) is 33.6 Å². The Bertz CT molecular complexity index is 542. The summed E-state index contributed by atoms with van der Waals surface area (Å²) in [6.07, 6.45) is 0. The third-order valence-electron chi connectivity index (χ3n) is 3.22. The van der Waals surface area contributed by atoms with Crippen molar-refractivity contribution in [1.29, 1.82) is 0 Å². The SMILES string of the molecule is CC(=O)NC1C(=O)N(CCBr)c2c(C)cc(C)cc21. The number of fused-ring (bicyclic) bond motifs is 1. The highest BCUT2D eigenvalue weighted by molar-refractivity contribution is 9.09. The molecule has 0 aliphatic carbocycles. The largest absolute Gasteiger partial charge is 0.341 e. The molecule has 102 valence electrons. The van der Waals surface area contributed by atoms with Crippen LogP contribution in [0.25, 0.3) is 0 Å². The van der Waals surface area contributed by atoms with Crippen LogP contribution in [0.2, 0.25) is 0 Å². The quantitative estimate of drug-likeness (QED) is 0.867. The highest BCUT2D eigenvalue weighted by atomic mass is 79.9. The average Bonchev–Trinajstić information content (AvgIpc) is 2.55. The van der Waals surface area contributed by atoms with Crippen molar-refractivity contribution < 1.29 is 9.59 Å². The highest BCUT2D eigenvalue weighted by Gasteiger charge is 2.38. The van der Waals surface area contributed by atoms with Crippen LogP contribution >= 0.6 is 15.9 Å². The number of hydrogen-bond donors (Lipinski definition) is 1. The molecule has 1 aromatic rings. The number of nitrogens with zero attached hydrogens (tertiary/aromatic N) is 1. The fourth-order valence-electron chi connectivity index (χ4n) is 2.63. The molecule has 2 rings (SSSR count). The molecule has 4 nitrogen and oxygen atoms in total. The molecular formula is C14H17BrN2O2. The van der Waals surface area contributed by atoms with Crippen LogP contribution in [0.4, 0.5) is 5.69 Å². The number of anilines is 1. The molecule has 1 aliphatic heterocycles. The van der Waals surface area contributed by atoms with Gasteiger partial charge in [0.2, 0.25) is 5.91 Å². The van der Waals surface area contributed by atoms with Crippen LogP contribution in [-0.2, 0) is 9.59 Å². The van der Waals surface area contributed by atoms with Crippen LogP contribution in [0.3, 0.4) is 0 Å². The van der Waals surface area contributed by atoms with Gasteiger partial charge >= 0.3 is 0 Å². The molecule has 0 radical (unpaired) electrons. The number of nitrogens with one attached hydrogen (secondary N) is 1. The van der Waals surface area contributed by atoms with Crippen LogP contribution in [-0.4, -0.2) is 23.7 Å². The normalized spacial score (nSPS) is 17.6. The Labute approximate surface area is 121 Å². The second-order valence-corrected chi connectivity index (χ2v) is 5.63. The monoisotopic (exact) mass is 324 g/mol. The Hall–Kier alpha value is -1.36. The zero-order valence-electron chi connectivity index (χ0n) is 11.3. The van der Waals surface area contributed by atoms with Crippen molar-refractivity contribution in [3.05, 3.63) is 28.8 Å². The van der Waals surface area contributed by atoms with Gasteiger partial charge in [0, 0.05) is 24.4 Å². The zero-order valence-corrected chi connectivity index (χ0v) is 12.9. The standard InChI is InChI=1S/C14H17BrN2O2/c1-8-6-9(2)13-11(7-8)12(16-10(3)18)14(19)17(13)5-4-15/h6-7,12H,4-5H2,1-3H3,(H,16,18). The molecule has 1 heterocycles. The Morgan fingerprint density at radius 2 is 2.11 bits per heavy atom. The van der Waals surface area contributed by atoms with E-state index in [1.54, 1.807) is 4.90 Å². The van der Waals surface area contributed by atoms with Gasteiger partial charge < -0.3 is 10.2 Å². The maximum atomic E-state index is 12.4. The molecule has 0 fully saturated rings. The van der Waals surface area contributed by atoms with Crippen LogP contribution < -0.4 is 10.2 Å². The Morgan fingerprint density at radius 3 is 2.68 bits per heavy atom. The molecule has 0 aromatic heterocycles. The van der Waals surface area contributed by atoms with E-state index in [0.717, 1.165) is 22.4 Å². The first-order valence-corrected chi connectivity index (χ1v) is 7.33. The van der Waals surface area contributed by atoms with Gasteiger partial charge in [0.25, 0.3) is 5.91 Å². The molecular weight excluding hydrogens is 308 g/mol. The van der Waals surface area contributed by atoms with Crippen molar-refractivity contribution in [2.75, 3.05) is 16.8 Å². The predicted molar refractivity (Wildman–Crippen MR) is 78.6 cm³/mol. The Morgan fingerprint density at radius 1 is 1.42 bits per heavy atom. The van der Waals surface area contributed by atoms with E-state index in [1.165, 1.54) is 6.92 Å². The number of benzene rings is 1. The molecule has 5 heteroatoms. The molecule has 1 atom stereocenters. The van der Waals surface area contributed by atoms with E-state index in [9.17, 15) is 9.59 Å². The minimum Gasteiger partial charge on any atom is -0.341 e. The summed E-state index contributed by atoms with van der Waals surface area (Å²) >= 11 is 3.37. The second-order valence-electron chi connectivity index (χ2n) is 4.83. The summed E-state index contributed by atoms with van der Waals surface area (Å²) in [7, 11) is 0. The minimum atomic E-state index is -0.551. The first kappa shape index (κ1) is 14.1. The predicted octanol–water partition coefficient (Wildman–Crippen LogP) is 2.22. The molecule has 0 saturated carbocycles. The Balaban J connectivity index is 2.53. The van der Waals surface area contributed by atoms with Gasteiger partial charge in [0.05, 0.1) is 5.69 Å². The first-order valence-electron chi connectivity index (χ1n) is 6.21. The van der Waals surface area contributed by atoms with Gasteiger partial charge in [0.15, 0.2) is 0 Å². The fraction of sp³-hybridized carbons (Fsp3) is 0.429. The van der Waals surface area contributed by atoms with Gasteiger partial charge in [-0.05, 0) is 19.4 Å². The number of amides is 2. The molecule has 0 saturated heterocycles. The fourth-order valence-corrected chi connectivity index (χ4v) is 2.98. The lowest BCUT2D eigenvalue weighted by atomic mass is 10.0. The maximum Gasteiger partial charge on any atom is 0.254 e. The maximum absolute atomic E-state index is 12.4. The van der Waals surface area contributed by atoms with Crippen molar-refractivity contribution >= 4 is 33.4 Å². The molecule has 19 heavy (non-hydrogen) atoms. The highest BCUT2D eigenvalue weighted by Crippen LogP contribution is 2.39. The number of hydrogen-bond acceptors (Lipinski definition) is 2. The summed E-state index contributed by atoms with van der Waals surface area (Å²) in [6.45, 7) is 6.03. The van der Waals surface area contributed by atoms with Gasteiger partial charge in [-0.3, -0.25) is 9.59 Å². The molecule has 1 N–H and O–H groups in total. The number of carbonyl (C=O) groups excluding carboxylic acids is 2. The molecule has 2 amide bonds. The first-order chi connectivity index (χ1) is 8.95. The van der Waals surface area contributed by atoms with E-state index in [2.05, 4.69) is 27.3 Å². The van der Waals surface area contributed by atoms with Gasteiger partial charge in [-0.2, -0.15) is 0 Å². The molecule has 1 aromatic carbocycles. The number of carbonyl (C=O) groups is 2. The lowest BCUT2D eigenvalue weighted by molar-refractivity contribution is -0.126. The number of halogens is 1. The summed E-state index contributed by atoms with van der Waals surface area (Å²) in [6, 6.07) is 3.49. The van der Waals surface area contributed by atoms with Crippen molar-refractivity contribution in [2.24, 2.45) is 0 Å². The van der Waals surface area contributed by atoms with Gasteiger partial charge in [0.1, 0.15) is 6.04 Å². The smallest absolute Gasteiger partial charge is 0.254 e. The number of alkyl halides is 1. The zero-order chi connectivity index (χ0) is 14.2. The van der Waals surface area contributed by atoms with Crippen LogP contribution in [0.1, 0.15) is 29.7 Å². The number of rotatable bonds is 3. The number of aryl methyl sites for hydroxylation is 2. The van der Waals surface area contributed by atoms with Crippen molar-refractivity contribution in [2.45, 2.75) is 26.8 Å². The van der Waals surface area contributed by atoms with Crippen LogP contribution in [0, 0.1) is 13.8 Å². The summed E-state index contributed by atoms with van der Waals surface area (Å²) in [5, 5.41) is 3.45. The van der Waals surface area contributed by atoms with Crippen molar-refractivity contribution in [1.82, 2.24) is 5.32 Å². The van der Waals surface area contributed by atoms with E-state index in [4.69, 9.17) is 0 Å². The Kier molecular flexibility index (Phi) is 3.94. The average molecular weight is 325 g/mol. The lowest BCUT2D eigenvalue weighted by Gasteiger charge is -2.18. The van der Waals surface area contributed by atoms with Gasteiger partial charge in [-0.25, -0.2) is 0 Å². The second kappa shape index (κ2) is 5.33. The summed E-state index contributed by atoms with van der Waals surface area (Å²) < 4.78 is 0. The minimum absolute atomic E-state index is 0.0571. The van der Waals surface area contributed by atoms with E-state index in [1.807, 2.05) is 19.9 Å². The lowest BCUT2D eigenvalue weighted by Crippen LogP contribution is -2.37. The molecule has 0 bridgehead atoms. The van der Waals surface area contributed by atoms with Crippen molar-refractivity contribution in [3.63, 3.8) is 0 Å².